The fourth-order valence-corrected chi connectivity index (χ4v) is 5.94. The van der Waals surface area contributed by atoms with E-state index in [1.165, 1.54) is 0 Å². The van der Waals surface area contributed by atoms with Gasteiger partial charge in [0.1, 0.15) is 17.8 Å². The minimum atomic E-state index is -1.02. The molecule has 1 heterocycles. The van der Waals surface area contributed by atoms with Gasteiger partial charge in [0.2, 0.25) is 0 Å². The van der Waals surface area contributed by atoms with E-state index in [4.69, 9.17) is 23.7 Å². The maximum Gasteiger partial charge on any atom is 0.195 e. The average Bonchev–Trinajstić information content (AvgIpc) is 3.13. The number of rotatable bonds is 13. The first-order valence-corrected chi connectivity index (χ1v) is 15.5. The number of methoxy groups -OCH3 is 1. The van der Waals surface area contributed by atoms with Gasteiger partial charge in [0.15, 0.2) is 18.2 Å². The van der Waals surface area contributed by atoms with Gasteiger partial charge in [-0.1, -0.05) is 152 Å². The fourth-order valence-electron chi connectivity index (χ4n) is 5.94. The van der Waals surface area contributed by atoms with Crippen molar-refractivity contribution in [2.45, 2.75) is 43.4 Å². The molecule has 4 atom stereocenters. The van der Waals surface area contributed by atoms with Crippen LogP contribution in [0.3, 0.4) is 0 Å². The number of hydrogen-bond acceptors (Lipinski definition) is 6. The first-order chi connectivity index (χ1) is 22.7. The van der Waals surface area contributed by atoms with Crippen LogP contribution in [-0.4, -0.2) is 44.1 Å². The van der Waals surface area contributed by atoms with Crippen molar-refractivity contribution in [2.24, 2.45) is 0 Å². The van der Waals surface area contributed by atoms with Crippen LogP contribution < -0.4 is 0 Å². The van der Waals surface area contributed by atoms with E-state index in [2.05, 4.69) is 0 Å². The summed E-state index contributed by atoms with van der Waals surface area (Å²) in [7, 11) is 1.55. The Hall–Kier alpha value is -4.43. The summed E-state index contributed by atoms with van der Waals surface area (Å²) in [5.74, 6) is -0.259. The Morgan fingerprint density at radius 2 is 1.00 bits per heavy atom. The lowest BCUT2D eigenvalue weighted by atomic mass is 9.80. The van der Waals surface area contributed by atoms with E-state index < -0.39 is 30.2 Å². The second kappa shape index (κ2) is 15.2. The summed E-state index contributed by atoms with van der Waals surface area (Å²) >= 11 is 0. The van der Waals surface area contributed by atoms with E-state index in [0.717, 1.165) is 27.8 Å². The molecule has 1 aliphatic rings. The van der Waals surface area contributed by atoms with Crippen molar-refractivity contribution in [1.82, 2.24) is 0 Å². The molecule has 0 aliphatic carbocycles. The smallest absolute Gasteiger partial charge is 0.195 e. The third kappa shape index (κ3) is 7.02. The van der Waals surface area contributed by atoms with Crippen LogP contribution in [0.4, 0.5) is 0 Å². The van der Waals surface area contributed by atoms with Gasteiger partial charge in [-0.2, -0.15) is 0 Å². The fraction of sp³-hybridized carbons (Fsp3) is 0.225. The Balaban J connectivity index is 1.32. The van der Waals surface area contributed by atoms with E-state index in [9.17, 15) is 4.79 Å². The molecule has 5 aromatic rings. The van der Waals surface area contributed by atoms with Crippen molar-refractivity contribution >= 4 is 5.78 Å². The van der Waals surface area contributed by atoms with Gasteiger partial charge >= 0.3 is 0 Å². The van der Waals surface area contributed by atoms with Crippen LogP contribution in [-0.2, 0) is 47.3 Å². The largest absolute Gasteiger partial charge is 0.365 e. The zero-order valence-corrected chi connectivity index (χ0v) is 25.8. The molecule has 0 unspecified atom stereocenters. The average molecular weight is 615 g/mol. The molecule has 0 amide bonds. The first-order valence-electron chi connectivity index (χ1n) is 15.5. The van der Waals surface area contributed by atoms with Crippen LogP contribution in [0.2, 0.25) is 0 Å². The summed E-state index contributed by atoms with van der Waals surface area (Å²) in [5, 5.41) is 0. The van der Waals surface area contributed by atoms with Crippen molar-refractivity contribution in [3.05, 3.63) is 179 Å². The number of Topliss-reactive ketones (excluding diaryl/α,β-unsaturated/α-hetero) is 1. The van der Waals surface area contributed by atoms with Crippen LogP contribution in [0.1, 0.15) is 27.8 Å². The van der Waals surface area contributed by atoms with Crippen LogP contribution in [0, 0.1) is 0 Å². The Morgan fingerprint density at radius 1 is 0.587 bits per heavy atom. The molecule has 6 heteroatoms. The Labute approximate surface area is 270 Å². The number of carbonyl (C=O) groups is 1. The Bertz CT molecular complexity index is 1530. The van der Waals surface area contributed by atoms with Gasteiger partial charge in [0, 0.05) is 7.11 Å². The molecule has 6 rings (SSSR count). The van der Waals surface area contributed by atoms with Gasteiger partial charge in [0.05, 0.1) is 19.8 Å². The number of ether oxygens (including phenoxy) is 5. The molecule has 46 heavy (non-hydrogen) atoms. The predicted octanol–water partition coefficient (Wildman–Crippen LogP) is 7.11. The second-order valence-corrected chi connectivity index (χ2v) is 11.2. The molecule has 6 nitrogen and oxygen atoms in total. The normalized spacial score (nSPS) is 20.0. The predicted molar refractivity (Wildman–Crippen MR) is 176 cm³/mol. The zero-order valence-electron chi connectivity index (χ0n) is 25.8. The molecular formula is C40H38O6. The minimum absolute atomic E-state index is 0.0476. The zero-order chi connectivity index (χ0) is 31.6. The lowest BCUT2D eigenvalue weighted by molar-refractivity contribution is -0.271. The summed E-state index contributed by atoms with van der Waals surface area (Å²) in [6, 6.07) is 49.7. The number of benzene rings is 5. The lowest BCUT2D eigenvalue weighted by Crippen LogP contribution is -2.59. The van der Waals surface area contributed by atoms with Crippen LogP contribution in [0.15, 0.2) is 152 Å². The van der Waals surface area contributed by atoms with Crippen LogP contribution in [0.25, 0.3) is 0 Å². The van der Waals surface area contributed by atoms with Crippen molar-refractivity contribution in [3.63, 3.8) is 0 Å². The van der Waals surface area contributed by atoms with Crippen molar-refractivity contribution in [3.8, 4) is 0 Å². The van der Waals surface area contributed by atoms with Crippen molar-refractivity contribution in [2.75, 3.05) is 13.7 Å². The Kier molecular flexibility index (Phi) is 10.4. The second-order valence-electron chi connectivity index (χ2n) is 11.2. The third-order valence-corrected chi connectivity index (χ3v) is 8.24. The molecular weight excluding hydrogens is 576 g/mol. The topological polar surface area (TPSA) is 63.2 Å². The molecule has 0 N–H and O–H groups in total. The maximum absolute atomic E-state index is 14.3. The van der Waals surface area contributed by atoms with Gasteiger partial charge in [-0.05, 0) is 27.8 Å². The molecule has 0 saturated carbocycles. The quantitative estimate of drug-likeness (QED) is 0.132. The standard InChI is InChI=1S/C40H38O6/c1-42-39-38(44-28-31-19-9-3-10-20-31)37(43-27-30-17-7-2-8-18-30)36(41)35(46-39)29-45-40(32-21-11-4-12-22-32,33-23-13-5-14-24-33)34-25-15-6-16-26-34/h2-26,35,37-39H,27-29H2,1H3/t35-,37-,38-,39+/m1/s1. The number of ketones is 1. The molecule has 1 aliphatic heterocycles. The number of carbonyl (C=O) groups excluding carboxylic acids is 1. The van der Waals surface area contributed by atoms with E-state index in [1.54, 1.807) is 7.11 Å². The maximum atomic E-state index is 14.3. The van der Waals surface area contributed by atoms with E-state index >= 15 is 0 Å². The third-order valence-electron chi connectivity index (χ3n) is 8.24. The van der Waals surface area contributed by atoms with E-state index in [0.29, 0.717) is 0 Å². The molecule has 0 aromatic heterocycles. The van der Waals surface area contributed by atoms with Crippen molar-refractivity contribution in [1.29, 1.82) is 0 Å². The summed E-state index contributed by atoms with van der Waals surface area (Å²) in [5.41, 5.74) is 3.69. The van der Waals surface area contributed by atoms with E-state index in [1.807, 2.05) is 152 Å². The monoisotopic (exact) mass is 614 g/mol. The highest BCUT2D eigenvalue weighted by molar-refractivity contribution is 5.89. The molecule has 0 radical (unpaired) electrons. The van der Waals surface area contributed by atoms with Crippen LogP contribution in [0.5, 0.6) is 0 Å². The molecule has 0 spiro atoms. The van der Waals surface area contributed by atoms with Gasteiger partial charge in [-0.3, -0.25) is 4.79 Å². The van der Waals surface area contributed by atoms with Gasteiger partial charge in [0.25, 0.3) is 0 Å². The molecule has 1 saturated heterocycles. The SMILES string of the molecule is CO[C@H]1O[C@H](COC(c2ccccc2)(c2ccccc2)c2ccccc2)C(=O)[C@@H](OCc2ccccc2)[C@H]1OCc1ccccc1. The number of hydrogen-bond donors (Lipinski definition) is 0. The molecule has 0 bridgehead atoms. The Morgan fingerprint density at radius 3 is 1.43 bits per heavy atom. The molecule has 5 aromatic carbocycles. The summed E-state index contributed by atoms with van der Waals surface area (Å²) in [4.78, 5) is 14.3. The highest BCUT2D eigenvalue weighted by atomic mass is 16.7. The van der Waals surface area contributed by atoms with Gasteiger partial charge in [-0.15, -0.1) is 0 Å². The summed E-state index contributed by atoms with van der Waals surface area (Å²) in [6.07, 6.45) is -3.58. The highest BCUT2D eigenvalue weighted by Crippen LogP contribution is 2.41. The van der Waals surface area contributed by atoms with Gasteiger partial charge < -0.3 is 23.7 Å². The molecule has 1 fully saturated rings. The summed E-state index contributed by atoms with van der Waals surface area (Å²) < 4.78 is 31.8. The summed E-state index contributed by atoms with van der Waals surface area (Å²) in [6.45, 7) is 0.454. The highest BCUT2D eigenvalue weighted by Gasteiger charge is 2.48. The van der Waals surface area contributed by atoms with Gasteiger partial charge in [-0.25, -0.2) is 0 Å². The molecule has 234 valence electrons. The minimum Gasteiger partial charge on any atom is -0.365 e. The van der Waals surface area contributed by atoms with Crippen molar-refractivity contribution < 1.29 is 28.5 Å². The van der Waals surface area contributed by atoms with E-state index in [-0.39, 0.29) is 25.6 Å². The first kappa shape index (κ1) is 31.5. The lowest BCUT2D eigenvalue weighted by Gasteiger charge is -2.41. The van der Waals surface area contributed by atoms with Crippen LogP contribution >= 0.6 is 0 Å².